The Labute approximate surface area is 183 Å². The van der Waals surface area contributed by atoms with Crippen LogP contribution in [0.4, 0.5) is 0 Å². The fraction of sp³-hybridized carbons (Fsp3) is 0.240. The summed E-state index contributed by atoms with van der Waals surface area (Å²) in [6, 6.07) is 24.6. The zero-order valence-corrected chi connectivity index (χ0v) is 18.1. The van der Waals surface area contributed by atoms with Gasteiger partial charge >= 0.3 is 0 Å². The molecule has 5 nitrogen and oxygen atoms in total. The highest BCUT2D eigenvalue weighted by atomic mass is 32.2. The van der Waals surface area contributed by atoms with Gasteiger partial charge in [0.1, 0.15) is 0 Å². The Hall–Kier alpha value is -2.96. The zero-order valence-electron chi connectivity index (χ0n) is 17.3. The first-order valence-electron chi connectivity index (χ1n) is 10.6. The SMILES string of the molecule is O=C(NCCc1ccc(S(=O)(=O)N2CCCC2)cc1)c1ccc(-c2ccccc2)cc1. The number of carbonyl (C=O) groups is 1. The number of nitrogens with one attached hydrogen (secondary N) is 1. The molecule has 0 aliphatic carbocycles. The van der Waals surface area contributed by atoms with E-state index < -0.39 is 10.0 Å². The maximum absolute atomic E-state index is 12.6. The number of hydrogen-bond acceptors (Lipinski definition) is 3. The van der Waals surface area contributed by atoms with Crippen molar-refractivity contribution in [1.82, 2.24) is 9.62 Å². The second-order valence-corrected chi connectivity index (χ2v) is 9.64. The summed E-state index contributed by atoms with van der Waals surface area (Å²) in [5.41, 5.74) is 3.79. The Bertz CT molecular complexity index is 1120. The minimum Gasteiger partial charge on any atom is -0.352 e. The van der Waals surface area contributed by atoms with E-state index in [-0.39, 0.29) is 5.91 Å². The smallest absolute Gasteiger partial charge is 0.251 e. The number of rotatable bonds is 7. The number of nitrogens with zero attached hydrogens (tertiary/aromatic N) is 1. The lowest BCUT2D eigenvalue weighted by Gasteiger charge is -2.15. The maximum Gasteiger partial charge on any atom is 0.251 e. The van der Waals surface area contributed by atoms with Crippen LogP contribution in [0.25, 0.3) is 11.1 Å². The van der Waals surface area contributed by atoms with Crippen molar-refractivity contribution in [3.63, 3.8) is 0 Å². The molecule has 0 aromatic heterocycles. The zero-order chi connectivity index (χ0) is 21.7. The Kier molecular flexibility index (Phi) is 6.49. The third-order valence-electron chi connectivity index (χ3n) is 5.58. The highest BCUT2D eigenvalue weighted by Gasteiger charge is 2.26. The Morgan fingerprint density at radius 3 is 2.06 bits per heavy atom. The molecule has 160 valence electrons. The molecular weight excluding hydrogens is 408 g/mol. The van der Waals surface area contributed by atoms with Crippen LogP contribution in [0.15, 0.2) is 83.8 Å². The molecule has 1 aliphatic rings. The van der Waals surface area contributed by atoms with Crippen molar-refractivity contribution in [3.8, 4) is 11.1 Å². The molecule has 1 N–H and O–H groups in total. The largest absolute Gasteiger partial charge is 0.352 e. The van der Waals surface area contributed by atoms with Gasteiger partial charge in [-0.2, -0.15) is 4.31 Å². The van der Waals surface area contributed by atoms with Gasteiger partial charge in [0.05, 0.1) is 4.90 Å². The molecule has 3 aromatic carbocycles. The number of amides is 1. The molecule has 6 heteroatoms. The van der Waals surface area contributed by atoms with E-state index in [4.69, 9.17) is 0 Å². The van der Waals surface area contributed by atoms with Crippen molar-refractivity contribution in [2.24, 2.45) is 0 Å². The van der Waals surface area contributed by atoms with Crippen LogP contribution in [-0.4, -0.2) is 38.3 Å². The van der Waals surface area contributed by atoms with Gasteiger partial charge in [-0.25, -0.2) is 8.42 Å². The predicted molar refractivity (Wildman–Crippen MR) is 122 cm³/mol. The van der Waals surface area contributed by atoms with E-state index in [0.29, 0.717) is 36.5 Å². The normalized spacial score (nSPS) is 14.5. The van der Waals surface area contributed by atoms with Gasteiger partial charge in [-0.05, 0) is 60.2 Å². The quantitative estimate of drug-likeness (QED) is 0.609. The van der Waals surface area contributed by atoms with Crippen molar-refractivity contribution in [1.29, 1.82) is 0 Å². The molecule has 0 unspecified atom stereocenters. The fourth-order valence-electron chi connectivity index (χ4n) is 3.77. The molecular formula is C25H26N2O3S. The van der Waals surface area contributed by atoms with Gasteiger partial charge < -0.3 is 5.32 Å². The van der Waals surface area contributed by atoms with Crippen LogP contribution in [0, 0.1) is 0 Å². The third kappa shape index (κ3) is 5.03. The molecule has 0 atom stereocenters. The number of benzene rings is 3. The molecule has 1 saturated heterocycles. The number of sulfonamides is 1. The van der Waals surface area contributed by atoms with Gasteiger partial charge in [-0.3, -0.25) is 4.79 Å². The summed E-state index contributed by atoms with van der Waals surface area (Å²) >= 11 is 0. The topological polar surface area (TPSA) is 66.5 Å². The minimum absolute atomic E-state index is 0.118. The van der Waals surface area contributed by atoms with Crippen LogP contribution >= 0.6 is 0 Å². The molecule has 31 heavy (non-hydrogen) atoms. The Morgan fingerprint density at radius 2 is 1.42 bits per heavy atom. The molecule has 4 rings (SSSR count). The summed E-state index contributed by atoms with van der Waals surface area (Å²) in [5.74, 6) is -0.118. The monoisotopic (exact) mass is 434 g/mol. The summed E-state index contributed by atoms with van der Waals surface area (Å²) in [4.78, 5) is 12.8. The van der Waals surface area contributed by atoms with Gasteiger partial charge in [0.25, 0.3) is 5.91 Å². The van der Waals surface area contributed by atoms with E-state index in [1.54, 1.807) is 16.4 Å². The average molecular weight is 435 g/mol. The second-order valence-electron chi connectivity index (χ2n) is 7.70. The highest BCUT2D eigenvalue weighted by Crippen LogP contribution is 2.21. The van der Waals surface area contributed by atoms with E-state index in [9.17, 15) is 13.2 Å². The van der Waals surface area contributed by atoms with Crippen molar-refractivity contribution >= 4 is 15.9 Å². The van der Waals surface area contributed by atoms with Crippen LogP contribution in [0.5, 0.6) is 0 Å². The fourth-order valence-corrected chi connectivity index (χ4v) is 5.29. The molecule has 1 amide bonds. The van der Waals surface area contributed by atoms with Gasteiger partial charge in [0.15, 0.2) is 0 Å². The third-order valence-corrected chi connectivity index (χ3v) is 7.49. The molecule has 0 bridgehead atoms. The first kappa shape index (κ1) is 21.3. The average Bonchev–Trinajstić information content (AvgIpc) is 3.36. The van der Waals surface area contributed by atoms with Gasteiger partial charge in [-0.15, -0.1) is 0 Å². The summed E-state index contributed by atoms with van der Waals surface area (Å²) in [6.07, 6.45) is 2.48. The van der Waals surface area contributed by atoms with Crippen molar-refractivity contribution in [2.75, 3.05) is 19.6 Å². The van der Waals surface area contributed by atoms with E-state index in [1.165, 1.54) is 0 Å². The van der Waals surface area contributed by atoms with Crippen LogP contribution < -0.4 is 5.32 Å². The van der Waals surface area contributed by atoms with Gasteiger partial charge in [0, 0.05) is 25.2 Å². The lowest BCUT2D eigenvalue weighted by Crippen LogP contribution is -2.28. The van der Waals surface area contributed by atoms with Gasteiger partial charge in [-0.1, -0.05) is 54.6 Å². The van der Waals surface area contributed by atoms with Crippen LogP contribution in [-0.2, 0) is 16.4 Å². The first-order valence-corrected chi connectivity index (χ1v) is 12.0. The summed E-state index contributed by atoms with van der Waals surface area (Å²) in [5, 5.41) is 2.93. The summed E-state index contributed by atoms with van der Waals surface area (Å²) in [7, 11) is -3.39. The van der Waals surface area contributed by atoms with Crippen molar-refractivity contribution < 1.29 is 13.2 Å². The maximum atomic E-state index is 12.6. The lowest BCUT2D eigenvalue weighted by atomic mass is 10.0. The van der Waals surface area contributed by atoms with Gasteiger partial charge in [0.2, 0.25) is 10.0 Å². The van der Waals surface area contributed by atoms with Crippen LogP contribution in [0.3, 0.4) is 0 Å². The standard InChI is InChI=1S/C25H26N2O3S/c28-25(23-12-10-22(11-13-23)21-6-2-1-3-7-21)26-17-16-20-8-14-24(15-9-20)31(29,30)27-18-4-5-19-27/h1-3,6-15H,4-5,16-19H2,(H,26,28). The number of carbonyl (C=O) groups excluding carboxylic acids is 1. The lowest BCUT2D eigenvalue weighted by molar-refractivity contribution is 0.0954. The van der Waals surface area contributed by atoms with E-state index in [2.05, 4.69) is 5.32 Å². The van der Waals surface area contributed by atoms with Crippen LogP contribution in [0.1, 0.15) is 28.8 Å². The molecule has 1 fully saturated rings. The predicted octanol–water partition coefficient (Wildman–Crippen LogP) is 4.11. The van der Waals surface area contributed by atoms with E-state index in [1.807, 2.05) is 66.7 Å². The van der Waals surface area contributed by atoms with E-state index >= 15 is 0 Å². The van der Waals surface area contributed by atoms with Crippen LogP contribution in [0.2, 0.25) is 0 Å². The molecule has 3 aromatic rings. The molecule has 1 heterocycles. The molecule has 0 spiro atoms. The first-order chi connectivity index (χ1) is 15.0. The molecule has 0 saturated carbocycles. The molecule has 0 radical (unpaired) electrons. The Balaban J connectivity index is 1.30. The second kappa shape index (κ2) is 9.45. The number of hydrogen-bond donors (Lipinski definition) is 1. The summed E-state index contributed by atoms with van der Waals surface area (Å²) in [6.45, 7) is 1.68. The van der Waals surface area contributed by atoms with E-state index in [0.717, 1.165) is 29.5 Å². The highest BCUT2D eigenvalue weighted by molar-refractivity contribution is 7.89. The summed E-state index contributed by atoms with van der Waals surface area (Å²) < 4.78 is 26.7. The van der Waals surface area contributed by atoms with Crippen molar-refractivity contribution in [3.05, 3.63) is 90.0 Å². The molecule has 1 aliphatic heterocycles. The minimum atomic E-state index is -3.39. The Morgan fingerprint density at radius 1 is 0.806 bits per heavy atom. The van der Waals surface area contributed by atoms with Crippen molar-refractivity contribution in [2.45, 2.75) is 24.2 Å².